The molecule has 6 unspecified atom stereocenters. The molecular formula is C26H33N3O5. The third-order valence-corrected chi connectivity index (χ3v) is 8.78. The van der Waals surface area contributed by atoms with Crippen LogP contribution < -0.4 is 0 Å². The largest absolute Gasteiger partial charge is 0.624 e. The number of piperazine rings is 1. The molecule has 182 valence electrons. The fraction of sp³-hybridized carbons (Fsp3) is 0.654. The summed E-state index contributed by atoms with van der Waals surface area (Å²) < 4.78 is 7.34. The predicted octanol–water partition coefficient (Wildman–Crippen LogP) is 2.08. The van der Waals surface area contributed by atoms with E-state index in [1.165, 1.54) is 4.90 Å². The summed E-state index contributed by atoms with van der Waals surface area (Å²) in [6, 6.07) is -1.31. The Labute approximate surface area is 199 Å². The highest BCUT2D eigenvalue weighted by Crippen LogP contribution is 2.52. The molecule has 0 aromatic carbocycles. The van der Waals surface area contributed by atoms with Crippen LogP contribution in [0.25, 0.3) is 0 Å². The first-order valence-corrected chi connectivity index (χ1v) is 12.4. The van der Waals surface area contributed by atoms with Gasteiger partial charge in [0.1, 0.15) is 11.7 Å². The summed E-state index contributed by atoms with van der Waals surface area (Å²) in [6.07, 6.45) is 11.3. The number of aliphatic hydroxyl groups is 1. The minimum atomic E-state index is -1.49. The number of fused-ring (bicyclic) bond motifs is 7. The Morgan fingerprint density at radius 3 is 2.71 bits per heavy atom. The summed E-state index contributed by atoms with van der Waals surface area (Å²) in [4.78, 5) is 29.8. The first-order valence-electron chi connectivity index (χ1n) is 12.4. The maximum Gasteiger partial charge on any atom is 0.274 e. The maximum atomic E-state index is 14.0. The van der Waals surface area contributed by atoms with E-state index >= 15 is 0 Å². The van der Waals surface area contributed by atoms with Gasteiger partial charge in [0.2, 0.25) is 11.6 Å². The second-order valence-corrected chi connectivity index (χ2v) is 11.8. The van der Waals surface area contributed by atoms with E-state index in [1.54, 1.807) is 17.2 Å². The van der Waals surface area contributed by atoms with E-state index in [4.69, 9.17) is 4.74 Å². The average molecular weight is 468 g/mol. The summed E-state index contributed by atoms with van der Waals surface area (Å²) in [5, 5.41) is 26.4. The number of nitrogens with zero attached hydrogens (tertiary/aromatic N) is 3. The monoisotopic (exact) mass is 467 g/mol. The number of hydroxylamine groups is 1. The highest BCUT2D eigenvalue weighted by atomic mass is 16.5. The minimum absolute atomic E-state index is 0.0256. The third kappa shape index (κ3) is 2.81. The van der Waals surface area contributed by atoms with Gasteiger partial charge in [0.25, 0.3) is 5.91 Å². The Morgan fingerprint density at radius 1 is 1.18 bits per heavy atom. The fourth-order valence-electron chi connectivity index (χ4n) is 7.35. The lowest BCUT2D eigenvalue weighted by atomic mass is 9.63. The van der Waals surface area contributed by atoms with Gasteiger partial charge in [-0.2, -0.15) is 0 Å². The quantitative estimate of drug-likeness (QED) is 0.334. The van der Waals surface area contributed by atoms with Crippen molar-refractivity contribution in [2.24, 2.45) is 17.3 Å². The van der Waals surface area contributed by atoms with E-state index in [1.807, 2.05) is 39.8 Å². The van der Waals surface area contributed by atoms with Crippen molar-refractivity contribution in [1.29, 1.82) is 0 Å². The van der Waals surface area contributed by atoms with Crippen molar-refractivity contribution in [2.75, 3.05) is 6.54 Å². The Hall–Kier alpha value is -2.45. The van der Waals surface area contributed by atoms with E-state index in [0.29, 0.717) is 30.8 Å². The van der Waals surface area contributed by atoms with Crippen molar-refractivity contribution < 1.29 is 24.2 Å². The molecule has 6 aliphatic rings. The van der Waals surface area contributed by atoms with E-state index in [0.717, 1.165) is 11.2 Å². The van der Waals surface area contributed by atoms with E-state index in [-0.39, 0.29) is 41.8 Å². The van der Waals surface area contributed by atoms with E-state index in [2.05, 4.69) is 6.08 Å². The van der Waals surface area contributed by atoms with Crippen LogP contribution in [-0.4, -0.2) is 73.1 Å². The van der Waals surface area contributed by atoms with Gasteiger partial charge >= 0.3 is 0 Å². The Balaban J connectivity index is 1.46. The molecule has 2 fully saturated rings. The highest BCUT2D eigenvalue weighted by Gasteiger charge is 2.67. The summed E-state index contributed by atoms with van der Waals surface area (Å²) in [5.41, 5.74) is -1.86. The van der Waals surface area contributed by atoms with Gasteiger partial charge in [-0.3, -0.25) is 9.59 Å². The van der Waals surface area contributed by atoms with Crippen LogP contribution in [0.5, 0.6) is 0 Å². The summed E-state index contributed by atoms with van der Waals surface area (Å²) in [7, 11) is 0. The molecule has 1 saturated heterocycles. The minimum Gasteiger partial charge on any atom is -0.624 e. The van der Waals surface area contributed by atoms with Gasteiger partial charge in [-0.25, -0.2) is 4.74 Å². The molecule has 5 aliphatic heterocycles. The van der Waals surface area contributed by atoms with Crippen molar-refractivity contribution >= 4 is 17.5 Å². The lowest BCUT2D eigenvalue weighted by Gasteiger charge is -2.46. The van der Waals surface area contributed by atoms with E-state index in [9.17, 15) is 19.9 Å². The first-order chi connectivity index (χ1) is 15.9. The lowest BCUT2D eigenvalue weighted by Crippen LogP contribution is -2.62. The zero-order valence-corrected chi connectivity index (χ0v) is 20.2. The second-order valence-electron chi connectivity index (χ2n) is 11.8. The first kappa shape index (κ1) is 22.0. The van der Waals surface area contributed by atoms with Gasteiger partial charge < -0.3 is 24.9 Å². The number of hydrogen-bond acceptors (Lipinski definition) is 5. The van der Waals surface area contributed by atoms with Crippen LogP contribution in [0.3, 0.4) is 0 Å². The van der Waals surface area contributed by atoms with Gasteiger partial charge in [0.05, 0.1) is 29.0 Å². The predicted molar refractivity (Wildman–Crippen MR) is 124 cm³/mol. The zero-order valence-electron chi connectivity index (χ0n) is 20.2. The molecule has 6 rings (SSSR count). The highest BCUT2D eigenvalue weighted by molar-refractivity contribution is 6.06. The number of amides is 2. The molecule has 0 aromatic heterocycles. The Kier molecular flexibility index (Phi) is 4.42. The van der Waals surface area contributed by atoms with Crippen LogP contribution in [0.4, 0.5) is 0 Å². The topological polar surface area (TPSA) is 96.2 Å². The average Bonchev–Trinajstić information content (AvgIpc) is 3.32. The maximum absolute atomic E-state index is 14.0. The molecule has 8 nitrogen and oxygen atoms in total. The number of carbonyl (C=O) groups excluding carboxylic acids is 2. The van der Waals surface area contributed by atoms with Crippen molar-refractivity contribution in [2.45, 2.75) is 82.8 Å². The molecule has 1 aliphatic carbocycles. The van der Waals surface area contributed by atoms with Crippen molar-refractivity contribution in [1.82, 2.24) is 9.80 Å². The third-order valence-electron chi connectivity index (χ3n) is 8.78. The summed E-state index contributed by atoms with van der Waals surface area (Å²) in [5.74, 6) is -0.884. The zero-order chi connectivity index (χ0) is 24.2. The molecule has 1 N–H and O–H groups in total. The van der Waals surface area contributed by atoms with E-state index < -0.39 is 23.1 Å². The normalized spacial score (nSPS) is 41.8. The van der Waals surface area contributed by atoms with Gasteiger partial charge in [-0.1, -0.05) is 24.3 Å². The van der Waals surface area contributed by atoms with Crippen LogP contribution in [-0.2, 0) is 14.3 Å². The SMILES string of the molecule is CC1(C)C=CC2C(CCC3C2[N+]([O-])=C2C(C)(C)C=CN4C(=O)C5=CCCN5C(=O)C4CC23O)O1. The van der Waals surface area contributed by atoms with Gasteiger partial charge in [-0.05, 0) is 47.0 Å². The Bertz CT molecular complexity index is 1100. The molecule has 0 radical (unpaired) electrons. The molecule has 8 heteroatoms. The molecule has 0 bridgehead atoms. The van der Waals surface area contributed by atoms with Crippen LogP contribution in [0.2, 0.25) is 0 Å². The molecule has 2 amide bonds. The van der Waals surface area contributed by atoms with Crippen LogP contribution >= 0.6 is 0 Å². The van der Waals surface area contributed by atoms with Gasteiger partial charge in [-0.15, -0.1) is 0 Å². The van der Waals surface area contributed by atoms with Gasteiger partial charge in [0.15, 0.2) is 11.6 Å². The molecule has 34 heavy (non-hydrogen) atoms. The van der Waals surface area contributed by atoms with Crippen molar-refractivity contribution in [3.8, 4) is 0 Å². The van der Waals surface area contributed by atoms with Crippen molar-refractivity contribution in [3.63, 3.8) is 0 Å². The number of allylic oxidation sites excluding steroid dienone is 1. The summed E-state index contributed by atoms with van der Waals surface area (Å²) in [6.45, 7) is 8.31. The molecule has 0 aromatic rings. The smallest absolute Gasteiger partial charge is 0.274 e. The Morgan fingerprint density at radius 2 is 1.94 bits per heavy atom. The number of hydrogen-bond donors (Lipinski definition) is 1. The fourth-order valence-corrected chi connectivity index (χ4v) is 7.35. The number of carbonyl (C=O) groups is 2. The molecule has 6 atom stereocenters. The standard InChI is InChI=1S/C26H33N3O5/c1-24(2)11-13-28-18(22(31)27-12-5-6-17(27)21(28)30)14-26(32)16-7-8-19-15(9-10-25(3,4)34-19)20(16)29(33)23(24)26/h6,9-11,13,15-16,18-20,32H,5,7-8,12,14H2,1-4H3. The number of rotatable bonds is 0. The summed E-state index contributed by atoms with van der Waals surface area (Å²) >= 11 is 0. The molecule has 1 saturated carbocycles. The van der Waals surface area contributed by atoms with Gasteiger partial charge in [0, 0.05) is 19.2 Å². The van der Waals surface area contributed by atoms with Crippen LogP contribution in [0, 0.1) is 22.5 Å². The molecule has 0 spiro atoms. The lowest BCUT2D eigenvalue weighted by molar-refractivity contribution is -0.517. The number of ether oxygens (including phenoxy) is 1. The molecular weight excluding hydrogens is 434 g/mol. The van der Waals surface area contributed by atoms with Crippen molar-refractivity contribution in [3.05, 3.63) is 41.4 Å². The van der Waals surface area contributed by atoms with Crippen LogP contribution in [0.1, 0.15) is 53.4 Å². The second kappa shape index (κ2) is 6.82. The van der Waals surface area contributed by atoms with Crippen LogP contribution in [0.15, 0.2) is 36.2 Å². The molecule has 5 heterocycles.